The Morgan fingerprint density at radius 3 is 2.58 bits per heavy atom. The summed E-state index contributed by atoms with van der Waals surface area (Å²) in [6.07, 6.45) is 0. The maximum atomic E-state index is 11.3. The van der Waals surface area contributed by atoms with E-state index in [1.54, 1.807) is 12.1 Å². The van der Waals surface area contributed by atoms with Crippen LogP contribution in [-0.4, -0.2) is 23.0 Å². The van der Waals surface area contributed by atoms with Crippen LogP contribution < -0.4 is 10.5 Å². The quantitative estimate of drug-likeness (QED) is 0.577. The lowest BCUT2D eigenvalue weighted by Crippen LogP contribution is -2.12. The standard InChI is InChI=1S/C18H17N5O2S/c1-12-10-17-21-18(15-4-2-3-5-16(15)23(17)22-12)20-11-13-6-8-14(9-7-13)26(19,24)25/h2-10H,11H2,1H3,(H,20,21)(H2,19,24,25). The summed E-state index contributed by atoms with van der Waals surface area (Å²) in [6, 6.07) is 16.3. The number of aromatic nitrogens is 3. The molecular weight excluding hydrogens is 350 g/mol. The average Bonchev–Trinajstić information content (AvgIpc) is 3.00. The third-order valence-electron chi connectivity index (χ3n) is 4.14. The second kappa shape index (κ2) is 6.08. The van der Waals surface area contributed by atoms with Gasteiger partial charge >= 0.3 is 0 Å². The number of hydrogen-bond acceptors (Lipinski definition) is 5. The van der Waals surface area contributed by atoms with Crippen molar-refractivity contribution >= 4 is 32.4 Å². The first-order chi connectivity index (χ1) is 12.4. The Morgan fingerprint density at radius 2 is 1.85 bits per heavy atom. The van der Waals surface area contributed by atoms with Crippen molar-refractivity contribution in [1.29, 1.82) is 0 Å². The molecule has 132 valence electrons. The zero-order valence-corrected chi connectivity index (χ0v) is 14.9. The SMILES string of the molecule is Cc1cc2nc(NCc3ccc(S(N)(=O)=O)cc3)c3ccccc3n2n1. The first-order valence-corrected chi connectivity index (χ1v) is 9.57. The molecule has 4 rings (SSSR count). The van der Waals surface area contributed by atoms with Crippen LogP contribution in [0.15, 0.2) is 59.5 Å². The van der Waals surface area contributed by atoms with Crippen LogP contribution in [0.1, 0.15) is 11.3 Å². The molecule has 26 heavy (non-hydrogen) atoms. The van der Waals surface area contributed by atoms with Crippen molar-refractivity contribution in [1.82, 2.24) is 14.6 Å². The van der Waals surface area contributed by atoms with E-state index in [2.05, 4.69) is 15.4 Å². The number of fused-ring (bicyclic) bond motifs is 3. The molecule has 0 radical (unpaired) electrons. The van der Waals surface area contributed by atoms with Crippen molar-refractivity contribution in [2.24, 2.45) is 5.14 Å². The fraction of sp³-hybridized carbons (Fsp3) is 0.111. The van der Waals surface area contributed by atoms with Crippen molar-refractivity contribution in [3.63, 3.8) is 0 Å². The van der Waals surface area contributed by atoms with Crippen molar-refractivity contribution in [2.45, 2.75) is 18.4 Å². The molecule has 0 saturated carbocycles. The highest BCUT2D eigenvalue weighted by atomic mass is 32.2. The highest BCUT2D eigenvalue weighted by Crippen LogP contribution is 2.24. The molecule has 4 aromatic rings. The van der Waals surface area contributed by atoms with Gasteiger partial charge in [0.15, 0.2) is 5.65 Å². The number of nitrogens with two attached hydrogens (primary N) is 1. The summed E-state index contributed by atoms with van der Waals surface area (Å²) >= 11 is 0. The smallest absolute Gasteiger partial charge is 0.238 e. The van der Waals surface area contributed by atoms with Gasteiger partial charge in [-0.15, -0.1) is 0 Å². The van der Waals surface area contributed by atoms with E-state index in [0.29, 0.717) is 6.54 Å². The monoisotopic (exact) mass is 367 g/mol. The largest absolute Gasteiger partial charge is 0.365 e. The molecule has 2 heterocycles. The number of anilines is 1. The van der Waals surface area contributed by atoms with Crippen LogP contribution in [0.4, 0.5) is 5.82 Å². The van der Waals surface area contributed by atoms with Crippen molar-refractivity contribution in [2.75, 3.05) is 5.32 Å². The lowest BCUT2D eigenvalue weighted by Gasteiger charge is -2.10. The Hall–Kier alpha value is -2.97. The predicted octanol–water partition coefficient (Wildman–Crippen LogP) is 2.45. The number of benzene rings is 2. The molecular formula is C18H17N5O2S. The Morgan fingerprint density at radius 1 is 1.12 bits per heavy atom. The summed E-state index contributed by atoms with van der Waals surface area (Å²) in [7, 11) is -3.68. The van der Waals surface area contributed by atoms with E-state index in [9.17, 15) is 8.42 Å². The maximum Gasteiger partial charge on any atom is 0.238 e. The van der Waals surface area contributed by atoms with Crippen molar-refractivity contribution in [3.05, 3.63) is 65.9 Å². The Labute approximate surface area is 150 Å². The molecule has 0 aliphatic rings. The summed E-state index contributed by atoms with van der Waals surface area (Å²) in [5.41, 5.74) is 3.57. The van der Waals surface area contributed by atoms with Crippen LogP contribution in [0.2, 0.25) is 0 Å². The predicted molar refractivity (Wildman–Crippen MR) is 100 cm³/mol. The zero-order valence-electron chi connectivity index (χ0n) is 14.0. The van der Waals surface area contributed by atoms with Crippen LogP contribution >= 0.6 is 0 Å². The third kappa shape index (κ3) is 3.00. The molecule has 0 fully saturated rings. The molecule has 0 bridgehead atoms. The van der Waals surface area contributed by atoms with Gasteiger partial charge in [-0.25, -0.2) is 23.1 Å². The van der Waals surface area contributed by atoms with Gasteiger partial charge in [-0.05, 0) is 36.8 Å². The number of aryl methyl sites for hydroxylation is 1. The van der Waals surface area contributed by atoms with E-state index in [-0.39, 0.29) is 4.90 Å². The summed E-state index contributed by atoms with van der Waals surface area (Å²) in [6.45, 7) is 2.44. The molecule has 0 saturated heterocycles. The fourth-order valence-corrected chi connectivity index (χ4v) is 3.41. The van der Waals surface area contributed by atoms with Crippen molar-refractivity contribution in [3.8, 4) is 0 Å². The van der Waals surface area contributed by atoms with Gasteiger partial charge in [0.2, 0.25) is 10.0 Å². The molecule has 2 aromatic carbocycles. The third-order valence-corrected chi connectivity index (χ3v) is 5.07. The maximum absolute atomic E-state index is 11.3. The molecule has 0 aliphatic carbocycles. The second-order valence-corrected chi connectivity index (χ2v) is 7.64. The molecule has 0 unspecified atom stereocenters. The summed E-state index contributed by atoms with van der Waals surface area (Å²) in [4.78, 5) is 4.77. The van der Waals surface area contributed by atoms with E-state index < -0.39 is 10.0 Å². The number of para-hydroxylation sites is 1. The van der Waals surface area contributed by atoms with Crippen LogP contribution in [0, 0.1) is 6.92 Å². The minimum absolute atomic E-state index is 0.0981. The van der Waals surface area contributed by atoms with Gasteiger partial charge in [0, 0.05) is 18.0 Å². The highest BCUT2D eigenvalue weighted by molar-refractivity contribution is 7.89. The van der Waals surface area contributed by atoms with Gasteiger partial charge in [-0.1, -0.05) is 24.3 Å². The van der Waals surface area contributed by atoms with Crippen LogP contribution in [0.25, 0.3) is 16.6 Å². The molecule has 2 aromatic heterocycles. The lowest BCUT2D eigenvalue weighted by atomic mass is 10.2. The van der Waals surface area contributed by atoms with Gasteiger partial charge in [0.1, 0.15) is 5.82 Å². The van der Waals surface area contributed by atoms with Crippen LogP contribution in [0.5, 0.6) is 0 Å². The van der Waals surface area contributed by atoms with Gasteiger partial charge < -0.3 is 5.32 Å². The van der Waals surface area contributed by atoms with E-state index in [4.69, 9.17) is 5.14 Å². The van der Waals surface area contributed by atoms with Gasteiger partial charge in [-0.2, -0.15) is 5.10 Å². The van der Waals surface area contributed by atoms with Crippen LogP contribution in [-0.2, 0) is 16.6 Å². The lowest BCUT2D eigenvalue weighted by molar-refractivity contribution is 0.598. The Kier molecular flexibility index (Phi) is 3.86. The number of nitrogens with zero attached hydrogens (tertiary/aromatic N) is 3. The van der Waals surface area contributed by atoms with Gasteiger partial charge in [0.05, 0.1) is 16.1 Å². The van der Waals surface area contributed by atoms with Crippen molar-refractivity contribution < 1.29 is 8.42 Å². The minimum atomic E-state index is -3.68. The van der Waals surface area contributed by atoms with E-state index in [0.717, 1.165) is 33.6 Å². The molecule has 0 atom stereocenters. The average molecular weight is 367 g/mol. The molecule has 3 N–H and O–H groups in total. The highest BCUT2D eigenvalue weighted by Gasteiger charge is 2.10. The Bertz CT molecular complexity index is 1210. The van der Waals surface area contributed by atoms with E-state index in [1.807, 2.05) is 41.8 Å². The summed E-state index contributed by atoms with van der Waals surface area (Å²) in [5.74, 6) is 0.753. The molecule has 7 nitrogen and oxygen atoms in total. The zero-order chi connectivity index (χ0) is 18.3. The fourth-order valence-electron chi connectivity index (χ4n) is 2.89. The molecule has 0 spiro atoms. The first kappa shape index (κ1) is 16.5. The topological polar surface area (TPSA) is 102 Å². The minimum Gasteiger partial charge on any atom is -0.365 e. The Balaban J connectivity index is 1.68. The van der Waals surface area contributed by atoms with E-state index in [1.165, 1.54) is 12.1 Å². The first-order valence-electron chi connectivity index (χ1n) is 8.02. The second-order valence-electron chi connectivity index (χ2n) is 6.08. The molecule has 0 aliphatic heterocycles. The van der Waals surface area contributed by atoms with Gasteiger partial charge in [-0.3, -0.25) is 0 Å². The summed E-state index contributed by atoms with van der Waals surface area (Å²) in [5, 5.41) is 13.9. The summed E-state index contributed by atoms with van der Waals surface area (Å²) < 4.78 is 24.5. The number of primary sulfonamides is 1. The number of sulfonamides is 1. The molecule has 0 amide bonds. The van der Waals surface area contributed by atoms with Crippen LogP contribution in [0.3, 0.4) is 0 Å². The normalized spacial score (nSPS) is 11.9. The van der Waals surface area contributed by atoms with Gasteiger partial charge in [0.25, 0.3) is 0 Å². The number of nitrogens with one attached hydrogen (secondary N) is 1. The molecule has 8 heteroatoms. The number of hydrogen-bond donors (Lipinski definition) is 2. The number of rotatable bonds is 4. The van der Waals surface area contributed by atoms with E-state index >= 15 is 0 Å².